The molecule has 1 saturated carbocycles. The number of carbonyl (C=O) groups is 2. The van der Waals surface area contributed by atoms with Crippen LogP contribution < -0.4 is 15.4 Å². The van der Waals surface area contributed by atoms with Gasteiger partial charge in [0.05, 0.1) is 18.3 Å². The molecule has 2 aliphatic rings. The Morgan fingerprint density at radius 2 is 2.07 bits per heavy atom. The van der Waals surface area contributed by atoms with Crippen molar-refractivity contribution in [3.63, 3.8) is 0 Å². The third kappa shape index (κ3) is 4.22. The van der Waals surface area contributed by atoms with Crippen molar-refractivity contribution in [1.82, 2.24) is 15.5 Å². The Balaban J connectivity index is 1.86. The van der Waals surface area contributed by atoms with Gasteiger partial charge in [0.25, 0.3) is 11.8 Å². The second-order valence-corrected chi connectivity index (χ2v) is 6.75. The van der Waals surface area contributed by atoms with Gasteiger partial charge in [0.2, 0.25) is 0 Å². The maximum atomic E-state index is 12.6. The molecule has 2 N–H and O–H groups in total. The van der Waals surface area contributed by atoms with Crippen LogP contribution in [0.3, 0.4) is 0 Å². The first-order valence-corrected chi connectivity index (χ1v) is 9.07. The molecule has 27 heavy (non-hydrogen) atoms. The van der Waals surface area contributed by atoms with Crippen molar-refractivity contribution >= 4 is 11.8 Å². The molecule has 0 aromatic heterocycles. The molecule has 1 heterocycles. The Labute approximate surface area is 159 Å². The molecule has 142 valence electrons. The Hall–Kier alpha value is -3.02. The average Bonchev–Trinajstić information content (AvgIpc) is 2.65. The number of ether oxygens (including phenoxy) is 1. The first-order chi connectivity index (χ1) is 13.0. The van der Waals surface area contributed by atoms with Gasteiger partial charge in [-0.1, -0.05) is 18.7 Å². The van der Waals surface area contributed by atoms with Gasteiger partial charge in [0.1, 0.15) is 5.75 Å². The monoisotopic (exact) mass is 367 g/mol. The van der Waals surface area contributed by atoms with Gasteiger partial charge in [-0.25, -0.2) is 0 Å². The van der Waals surface area contributed by atoms with Crippen molar-refractivity contribution in [1.29, 1.82) is 0 Å². The lowest BCUT2D eigenvalue weighted by Gasteiger charge is -2.30. The lowest BCUT2D eigenvalue weighted by molar-refractivity contribution is -0.118. The van der Waals surface area contributed by atoms with Crippen LogP contribution in [0.5, 0.6) is 5.75 Å². The predicted molar refractivity (Wildman–Crippen MR) is 104 cm³/mol. The minimum Gasteiger partial charge on any atom is -0.497 e. The van der Waals surface area contributed by atoms with E-state index in [1.807, 2.05) is 29.2 Å². The second-order valence-electron chi connectivity index (χ2n) is 6.75. The predicted octanol–water partition coefficient (Wildman–Crippen LogP) is 2.25. The van der Waals surface area contributed by atoms with E-state index in [4.69, 9.17) is 4.74 Å². The maximum Gasteiger partial charge on any atom is 0.253 e. The molecule has 0 atom stereocenters. The Kier molecular flexibility index (Phi) is 5.64. The number of nitrogens with one attached hydrogen (secondary N) is 2. The van der Waals surface area contributed by atoms with Crippen molar-refractivity contribution in [2.45, 2.75) is 31.8 Å². The van der Waals surface area contributed by atoms with Gasteiger partial charge in [-0.2, -0.15) is 0 Å². The van der Waals surface area contributed by atoms with Gasteiger partial charge >= 0.3 is 0 Å². The molecule has 0 saturated heterocycles. The highest BCUT2D eigenvalue weighted by Gasteiger charge is 2.26. The first kappa shape index (κ1) is 18.8. The summed E-state index contributed by atoms with van der Waals surface area (Å²) < 4.78 is 5.27. The number of likely N-dealkylation sites (N-methyl/N-ethyl adjacent to an activating group) is 1. The van der Waals surface area contributed by atoms with E-state index >= 15 is 0 Å². The quantitative estimate of drug-likeness (QED) is 0.809. The Morgan fingerprint density at radius 3 is 2.70 bits per heavy atom. The largest absolute Gasteiger partial charge is 0.497 e. The number of nitrogens with zero attached hydrogens (tertiary/aromatic N) is 1. The standard InChI is InChI=1S/C21H25N3O3/c1-14-19(21(26)22-2)11-16(20(25)23-17-7-5-8-17)13-24(14)12-15-6-4-9-18(10-15)27-3/h4,6,9-11,13,17H,1,5,7-8,12H2,2-3H3,(H,22,26)(H,23,25). The third-order valence-electron chi connectivity index (χ3n) is 4.91. The smallest absolute Gasteiger partial charge is 0.253 e. The van der Waals surface area contributed by atoms with Crippen LogP contribution in [0.15, 0.2) is 60.0 Å². The summed E-state index contributed by atoms with van der Waals surface area (Å²) in [6.07, 6.45) is 6.51. The van der Waals surface area contributed by atoms with Crippen molar-refractivity contribution in [3.05, 3.63) is 65.5 Å². The molecule has 1 aromatic rings. The molecule has 0 unspecified atom stereocenters. The van der Waals surface area contributed by atoms with Crippen LogP contribution >= 0.6 is 0 Å². The summed E-state index contributed by atoms with van der Waals surface area (Å²) in [5, 5.41) is 5.64. The molecule has 1 aliphatic carbocycles. The van der Waals surface area contributed by atoms with Crippen LogP contribution in [0.4, 0.5) is 0 Å². The van der Waals surface area contributed by atoms with Gasteiger partial charge in [0, 0.05) is 31.5 Å². The van der Waals surface area contributed by atoms with Gasteiger partial charge in [0.15, 0.2) is 0 Å². The zero-order chi connectivity index (χ0) is 19.4. The molecule has 0 radical (unpaired) electrons. The first-order valence-electron chi connectivity index (χ1n) is 9.07. The molecule has 6 nitrogen and oxygen atoms in total. The third-order valence-corrected chi connectivity index (χ3v) is 4.91. The molecule has 1 aliphatic heterocycles. The molecule has 0 bridgehead atoms. The molecule has 1 fully saturated rings. The van der Waals surface area contributed by atoms with Gasteiger partial charge in [-0.3, -0.25) is 9.59 Å². The molecule has 0 spiro atoms. The minimum atomic E-state index is -0.266. The SMILES string of the molecule is C=C1C(C(=O)NC)=CC(C(=O)NC2CCC2)=CN1Cc1cccc(OC)c1. The molecule has 3 rings (SSSR count). The lowest BCUT2D eigenvalue weighted by Crippen LogP contribution is -2.41. The highest BCUT2D eigenvalue weighted by atomic mass is 16.5. The van der Waals surface area contributed by atoms with E-state index in [1.54, 1.807) is 26.4 Å². The zero-order valence-electron chi connectivity index (χ0n) is 15.7. The Morgan fingerprint density at radius 1 is 1.30 bits per heavy atom. The number of hydrogen-bond acceptors (Lipinski definition) is 4. The van der Waals surface area contributed by atoms with Gasteiger partial charge < -0.3 is 20.3 Å². The highest BCUT2D eigenvalue weighted by molar-refractivity contribution is 6.03. The van der Waals surface area contributed by atoms with Crippen LogP contribution in [-0.4, -0.2) is 36.9 Å². The van der Waals surface area contributed by atoms with E-state index in [1.165, 1.54) is 0 Å². The summed E-state index contributed by atoms with van der Waals surface area (Å²) in [6, 6.07) is 7.90. The molecule has 2 amide bonds. The van der Waals surface area contributed by atoms with Crippen LogP contribution in [-0.2, 0) is 16.1 Å². The van der Waals surface area contributed by atoms with E-state index in [0.29, 0.717) is 23.4 Å². The maximum absolute atomic E-state index is 12.6. The summed E-state index contributed by atoms with van der Waals surface area (Å²) >= 11 is 0. The highest BCUT2D eigenvalue weighted by Crippen LogP contribution is 2.27. The van der Waals surface area contributed by atoms with Crippen molar-refractivity contribution in [2.75, 3.05) is 14.2 Å². The van der Waals surface area contributed by atoms with Crippen molar-refractivity contribution in [3.8, 4) is 5.75 Å². The number of benzene rings is 1. The minimum absolute atomic E-state index is 0.163. The van der Waals surface area contributed by atoms with E-state index in [-0.39, 0.29) is 17.9 Å². The van der Waals surface area contributed by atoms with Crippen LogP contribution in [0, 0.1) is 0 Å². The van der Waals surface area contributed by atoms with E-state index in [2.05, 4.69) is 17.2 Å². The normalized spacial score (nSPS) is 16.8. The summed E-state index contributed by atoms with van der Waals surface area (Å²) in [5.41, 5.74) is 2.39. The van der Waals surface area contributed by atoms with E-state index in [0.717, 1.165) is 30.6 Å². The van der Waals surface area contributed by atoms with Crippen LogP contribution in [0.2, 0.25) is 0 Å². The van der Waals surface area contributed by atoms with E-state index in [9.17, 15) is 9.59 Å². The number of amides is 2. The summed E-state index contributed by atoms with van der Waals surface area (Å²) in [6.45, 7) is 4.53. The van der Waals surface area contributed by atoms with Gasteiger partial charge in [-0.05, 0) is 43.0 Å². The fourth-order valence-electron chi connectivity index (χ4n) is 3.06. The summed E-state index contributed by atoms with van der Waals surface area (Å²) in [7, 11) is 3.18. The van der Waals surface area contributed by atoms with Gasteiger partial charge in [-0.15, -0.1) is 0 Å². The number of rotatable bonds is 6. The molecule has 6 heteroatoms. The van der Waals surface area contributed by atoms with E-state index < -0.39 is 0 Å². The number of methoxy groups -OCH3 is 1. The van der Waals surface area contributed by atoms with Crippen molar-refractivity contribution in [2.24, 2.45) is 0 Å². The fourth-order valence-corrected chi connectivity index (χ4v) is 3.06. The molecule has 1 aromatic carbocycles. The number of hydrogen-bond donors (Lipinski definition) is 2. The van der Waals surface area contributed by atoms with Crippen LogP contribution in [0.1, 0.15) is 24.8 Å². The fraction of sp³-hybridized carbons (Fsp3) is 0.333. The lowest BCUT2D eigenvalue weighted by atomic mass is 9.92. The topological polar surface area (TPSA) is 70.7 Å². The second kappa shape index (κ2) is 8.12. The zero-order valence-corrected chi connectivity index (χ0v) is 15.7. The Bertz CT molecular complexity index is 822. The number of carbonyl (C=O) groups excluding carboxylic acids is 2. The molecular formula is C21H25N3O3. The average molecular weight is 367 g/mol. The summed E-state index contributed by atoms with van der Waals surface area (Å²) in [4.78, 5) is 26.7. The van der Waals surface area contributed by atoms with Crippen molar-refractivity contribution < 1.29 is 14.3 Å². The molecular weight excluding hydrogens is 342 g/mol. The van der Waals surface area contributed by atoms with Crippen LogP contribution in [0.25, 0.3) is 0 Å². The summed E-state index contributed by atoms with van der Waals surface area (Å²) in [5.74, 6) is 0.325.